The molecular weight excluding hydrogens is 399 g/mol. The molecule has 10 heteroatoms. The Morgan fingerprint density at radius 1 is 1.23 bits per heavy atom. The molecule has 2 saturated heterocycles. The predicted molar refractivity (Wildman–Crippen MR) is 116 cm³/mol. The van der Waals surface area contributed by atoms with E-state index in [0.29, 0.717) is 25.1 Å². The second-order valence-corrected chi connectivity index (χ2v) is 9.93. The van der Waals surface area contributed by atoms with Crippen LogP contribution in [-0.2, 0) is 14.1 Å². The number of anilines is 1. The monoisotopic (exact) mass is 432 g/mol. The fourth-order valence-corrected chi connectivity index (χ4v) is 4.11. The molecule has 1 saturated carbocycles. The second kappa shape index (κ2) is 8.31. The van der Waals surface area contributed by atoms with Gasteiger partial charge in [0.05, 0.1) is 17.8 Å². The molecule has 2 aliphatic heterocycles. The Bertz CT molecular complexity index is 785. The van der Waals surface area contributed by atoms with Crippen molar-refractivity contribution in [3.63, 3.8) is 0 Å². The van der Waals surface area contributed by atoms with E-state index in [1.165, 1.54) is 0 Å². The summed E-state index contributed by atoms with van der Waals surface area (Å²) >= 11 is 0. The molecule has 1 amide bonds. The molecule has 3 fully saturated rings. The minimum atomic E-state index is -1.33. The van der Waals surface area contributed by atoms with Crippen LogP contribution in [0.2, 0.25) is 0 Å². The summed E-state index contributed by atoms with van der Waals surface area (Å²) < 4.78 is 12.2. The Labute approximate surface area is 183 Å². The van der Waals surface area contributed by atoms with Crippen molar-refractivity contribution in [2.75, 3.05) is 31.1 Å². The summed E-state index contributed by atoms with van der Waals surface area (Å²) in [6, 6.07) is 0.426. The van der Waals surface area contributed by atoms with Crippen molar-refractivity contribution in [3.05, 3.63) is 12.4 Å². The third-order valence-electron chi connectivity index (χ3n) is 6.94. The van der Waals surface area contributed by atoms with Crippen LogP contribution < -0.4 is 10.4 Å². The van der Waals surface area contributed by atoms with Crippen molar-refractivity contribution >= 4 is 24.4 Å². The Kier molecular flexibility index (Phi) is 6.02. The van der Waals surface area contributed by atoms with Crippen LogP contribution in [-0.4, -0.2) is 87.7 Å². The van der Waals surface area contributed by atoms with Gasteiger partial charge in [0, 0.05) is 43.5 Å². The number of likely N-dealkylation sites (tertiary alicyclic amines) is 1. The zero-order valence-corrected chi connectivity index (χ0v) is 18.8. The smallest absolute Gasteiger partial charge is 0.399 e. The second-order valence-electron chi connectivity index (χ2n) is 9.93. The van der Waals surface area contributed by atoms with Crippen molar-refractivity contribution in [3.8, 4) is 0 Å². The van der Waals surface area contributed by atoms with Crippen molar-refractivity contribution in [1.82, 2.24) is 14.9 Å². The number of hydrogen-bond donors (Lipinski definition) is 2. The quantitative estimate of drug-likeness (QED) is 0.578. The van der Waals surface area contributed by atoms with Gasteiger partial charge in [-0.25, -0.2) is 9.97 Å². The Morgan fingerprint density at radius 2 is 1.84 bits per heavy atom. The van der Waals surface area contributed by atoms with Crippen LogP contribution in [0.3, 0.4) is 0 Å². The van der Waals surface area contributed by atoms with Crippen LogP contribution in [0, 0.1) is 5.92 Å². The molecule has 2 N–H and O–H groups in total. The van der Waals surface area contributed by atoms with Gasteiger partial charge in [0.2, 0.25) is 5.95 Å². The summed E-state index contributed by atoms with van der Waals surface area (Å²) in [5.74, 6) is 0.566. The van der Waals surface area contributed by atoms with E-state index in [0.717, 1.165) is 31.3 Å². The van der Waals surface area contributed by atoms with Gasteiger partial charge in [-0.1, -0.05) is 0 Å². The normalized spacial score (nSPS) is 25.7. The van der Waals surface area contributed by atoms with Gasteiger partial charge in [0.1, 0.15) is 0 Å². The molecule has 0 spiro atoms. The van der Waals surface area contributed by atoms with Crippen LogP contribution in [0.25, 0.3) is 0 Å². The zero-order chi connectivity index (χ0) is 22.4. The van der Waals surface area contributed by atoms with E-state index in [1.807, 2.05) is 27.7 Å². The number of aliphatic hydroxyl groups is 2. The fraction of sp³-hybridized carbons (Fsp3) is 0.762. The average Bonchev–Trinajstić information content (AvgIpc) is 3.42. The largest absolute Gasteiger partial charge is 0.498 e. The topological polar surface area (TPSA) is 108 Å². The lowest BCUT2D eigenvalue weighted by molar-refractivity contribution is -0.141. The Hall–Kier alpha value is -1.75. The first-order valence-corrected chi connectivity index (χ1v) is 11.1. The molecule has 1 aromatic heterocycles. The summed E-state index contributed by atoms with van der Waals surface area (Å²) in [4.78, 5) is 25.2. The number of aliphatic hydroxyl groups excluding tert-OH is 2. The highest BCUT2D eigenvalue weighted by Crippen LogP contribution is 2.36. The van der Waals surface area contributed by atoms with Gasteiger partial charge >= 0.3 is 7.12 Å². The van der Waals surface area contributed by atoms with Gasteiger partial charge < -0.3 is 29.3 Å². The zero-order valence-electron chi connectivity index (χ0n) is 18.8. The minimum Gasteiger partial charge on any atom is -0.399 e. The first kappa shape index (κ1) is 22.4. The lowest BCUT2D eigenvalue weighted by atomic mass is 9.81. The van der Waals surface area contributed by atoms with E-state index in [9.17, 15) is 9.90 Å². The molecule has 2 atom stereocenters. The van der Waals surface area contributed by atoms with Crippen LogP contribution in [0.1, 0.15) is 47.0 Å². The van der Waals surface area contributed by atoms with Gasteiger partial charge in [-0.3, -0.25) is 4.79 Å². The number of aromatic nitrogens is 2. The molecule has 1 aliphatic carbocycles. The number of hydrogen-bond acceptors (Lipinski definition) is 8. The predicted octanol–water partition coefficient (Wildman–Crippen LogP) is -0.0537. The van der Waals surface area contributed by atoms with Crippen molar-refractivity contribution in [1.29, 1.82) is 0 Å². The molecule has 0 unspecified atom stereocenters. The molecule has 3 aliphatic rings. The van der Waals surface area contributed by atoms with E-state index in [-0.39, 0.29) is 5.92 Å². The maximum atomic E-state index is 12.1. The van der Waals surface area contributed by atoms with Gasteiger partial charge in [0.15, 0.2) is 6.10 Å². The van der Waals surface area contributed by atoms with E-state index in [4.69, 9.17) is 14.4 Å². The summed E-state index contributed by atoms with van der Waals surface area (Å²) in [5, 5.41) is 18.6. The summed E-state index contributed by atoms with van der Waals surface area (Å²) in [6.45, 7) is 9.47. The highest BCUT2D eigenvalue weighted by atomic mass is 16.7. The third-order valence-corrected chi connectivity index (χ3v) is 6.94. The van der Waals surface area contributed by atoms with Crippen LogP contribution >= 0.6 is 0 Å². The SMILES string of the molecule is CC1(C)OB(c2cnc(N(C[C@@H]3CCN(C(=O)[C@H](O)CO)C3)C3CC3)nc2)OC1(C)C. The highest BCUT2D eigenvalue weighted by molar-refractivity contribution is 6.61. The first-order valence-electron chi connectivity index (χ1n) is 11.1. The van der Waals surface area contributed by atoms with Gasteiger partial charge in [-0.05, 0) is 52.9 Å². The Morgan fingerprint density at radius 3 is 2.39 bits per heavy atom. The van der Waals surface area contributed by atoms with Gasteiger partial charge in [0.25, 0.3) is 5.91 Å². The van der Waals surface area contributed by atoms with E-state index < -0.39 is 36.9 Å². The third kappa shape index (κ3) is 4.57. The highest BCUT2D eigenvalue weighted by Gasteiger charge is 2.52. The number of carbonyl (C=O) groups is 1. The molecular formula is C21H33BN4O5. The molecule has 4 rings (SSSR count). The molecule has 1 aromatic rings. The summed E-state index contributed by atoms with van der Waals surface area (Å²) in [5.41, 5.74) is -0.0221. The standard InChI is InChI=1S/C21H33BN4O5/c1-20(2)21(3,4)31-22(30-20)15-9-23-19(24-10-15)26(16-5-6-16)12-14-7-8-25(11-14)18(29)17(28)13-27/h9-10,14,16-17,27-28H,5-8,11-13H2,1-4H3/t14-,17-/m1/s1. The lowest BCUT2D eigenvalue weighted by Gasteiger charge is -2.32. The van der Waals surface area contributed by atoms with Crippen LogP contribution in [0.4, 0.5) is 5.95 Å². The van der Waals surface area contributed by atoms with E-state index >= 15 is 0 Å². The first-order chi connectivity index (χ1) is 14.6. The van der Waals surface area contributed by atoms with Crippen molar-refractivity contribution in [2.45, 2.75) is 70.3 Å². The van der Waals surface area contributed by atoms with Crippen molar-refractivity contribution < 1.29 is 24.3 Å². The maximum Gasteiger partial charge on any atom is 0.498 e. The molecule has 0 radical (unpaired) electrons. The number of nitrogens with zero attached hydrogens (tertiary/aromatic N) is 4. The number of amides is 1. The fourth-order valence-electron chi connectivity index (χ4n) is 4.11. The maximum absolute atomic E-state index is 12.1. The van der Waals surface area contributed by atoms with Gasteiger partial charge in [-0.15, -0.1) is 0 Å². The molecule has 0 aromatic carbocycles. The van der Waals surface area contributed by atoms with E-state index in [2.05, 4.69) is 14.9 Å². The molecule has 170 valence electrons. The molecule has 0 bridgehead atoms. The van der Waals surface area contributed by atoms with Crippen LogP contribution in [0.15, 0.2) is 12.4 Å². The summed E-state index contributed by atoms with van der Waals surface area (Å²) in [6.07, 6.45) is 5.31. The molecule has 3 heterocycles. The van der Waals surface area contributed by atoms with E-state index in [1.54, 1.807) is 17.3 Å². The van der Waals surface area contributed by atoms with Crippen molar-refractivity contribution in [2.24, 2.45) is 5.92 Å². The number of rotatable bonds is 7. The minimum absolute atomic E-state index is 0.279. The molecule has 9 nitrogen and oxygen atoms in total. The molecule has 31 heavy (non-hydrogen) atoms. The Balaban J connectivity index is 1.40. The van der Waals surface area contributed by atoms with Gasteiger partial charge in [-0.2, -0.15) is 0 Å². The lowest BCUT2D eigenvalue weighted by Crippen LogP contribution is -2.41. The van der Waals surface area contributed by atoms with Crippen LogP contribution in [0.5, 0.6) is 0 Å². The number of carbonyl (C=O) groups excluding carboxylic acids is 1. The summed E-state index contributed by atoms with van der Waals surface area (Å²) in [7, 11) is -0.485. The average molecular weight is 432 g/mol.